The first kappa shape index (κ1) is 31.3. The number of ether oxygens (including phenoxy) is 4. The lowest BCUT2D eigenvalue weighted by Crippen LogP contribution is -2.47. The standard InChI is InChI=1S/C28H30Cl2N4O7/c1-14(2)25(28(37)33-20-10-18(30)22(39-4)12-24(20)41-6)34-27(36)16-13-31-8-7-15(16)26(35)32-19-9-17(29)21(38-3)11-23(19)40-5/h7-14,25H,1-6H3,(H,32,35)(H,33,37)(H,34,36)/t25-/m1/s1. The van der Waals surface area contributed by atoms with Crippen molar-refractivity contribution >= 4 is 52.3 Å². The average Bonchev–Trinajstić information content (AvgIpc) is 2.95. The summed E-state index contributed by atoms with van der Waals surface area (Å²) < 4.78 is 21.1. The van der Waals surface area contributed by atoms with Gasteiger partial charge >= 0.3 is 0 Å². The highest BCUT2D eigenvalue weighted by Crippen LogP contribution is 2.37. The van der Waals surface area contributed by atoms with Crippen LogP contribution in [0.2, 0.25) is 10.0 Å². The van der Waals surface area contributed by atoms with Crippen molar-refractivity contribution in [2.75, 3.05) is 39.1 Å². The van der Waals surface area contributed by atoms with Crippen LogP contribution >= 0.6 is 23.2 Å². The quantitative estimate of drug-likeness (QED) is 0.276. The molecule has 218 valence electrons. The van der Waals surface area contributed by atoms with Gasteiger partial charge in [-0.05, 0) is 24.1 Å². The minimum Gasteiger partial charge on any atom is -0.495 e. The first-order chi connectivity index (χ1) is 19.5. The normalized spacial score (nSPS) is 11.3. The third-order valence-corrected chi connectivity index (χ3v) is 6.59. The van der Waals surface area contributed by atoms with Crippen molar-refractivity contribution < 1.29 is 33.3 Å². The molecule has 41 heavy (non-hydrogen) atoms. The minimum absolute atomic E-state index is 0.0120. The van der Waals surface area contributed by atoms with Crippen molar-refractivity contribution in [2.24, 2.45) is 5.92 Å². The number of methoxy groups -OCH3 is 4. The zero-order valence-electron chi connectivity index (χ0n) is 23.3. The smallest absolute Gasteiger partial charge is 0.256 e. The van der Waals surface area contributed by atoms with Crippen LogP contribution in [-0.4, -0.2) is 57.2 Å². The Bertz CT molecular complexity index is 1450. The van der Waals surface area contributed by atoms with Gasteiger partial charge in [0.25, 0.3) is 11.8 Å². The molecule has 1 heterocycles. The number of hydrogen-bond donors (Lipinski definition) is 3. The number of amides is 3. The van der Waals surface area contributed by atoms with Crippen LogP contribution in [0.15, 0.2) is 42.7 Å². The number of halogens is 2. The Kier molecular flexibility index (Phi) is 10.6. The first-order valence-electron chi connectivity index (χ1n) is 12.2. The fraction of sp³-hybridized carbons (Fsp3) is 0.286. The Labute approximate surface area is 247 Å². The lowest BCUT2D eigenvalue weighted by molar-refractivity contribution is -0.118. The summed E-state index contributed by atoms with van der Waals surface area (Å²) in [5.74, 6) is -0.834. The first-order valence-corrected chi connectivity index (χ1v) is 13.0. The molecule has 0 aliphatic carbocycles. The molecule has 3 N–H and O–H groups in total. The molecule has 1 aromatic heterocycles. The van der Waals surface area contributed by atoms with E-state index in [1.807, 2.05) is 0 Å². The van der Waals surface area contributed by atoms with Crippen LogP contribution in [0.25, 0.3) is 0 Å². The Morgan fingerprint density at radius 1 is 0.732 bits per heavy atom. The lowest BCUT2D eigenvalue weighted by Gasteiger charge is -2.23. The van der Waals surface area contributed by atoms with E-state index >= 15 is 0 Å². The monoisotopic (exact) mass is 604 g/mol. The predicted octanol–water partition coefficient (Wildman–Crippen LogP) is 5.07. The van der Waals surface area contributed by atoms with Crippen LogP contribution in [-0.2, 0) is 4.79 Å². The topological polar surface area (TPSA) is 137 Å². The maximum Gasteiger partial charge on any atom is 0.256 e. The molecule has 0 fully saturated rings. The number of nitrogens with zero attached hydrogens (tertiary/aromatic N) is 1. The molecule has 0 saturated heterocycles. The molecule has 11 nitrogen and oxygen atoms in total. The van der Waals surface area contributed by atoms with Crippen LogP contribution in [0.4, 0.5) is 11.4 Å². The van der Waals surface area contributed by atoms with Gasteiger partial charge in [-0.2, -0.15) is 0 Å². The highest BCUT2D eigenvalue weighted by Gasteiger charge is 2.28. The van der Waals surface area contributed by atoms with Crippen molar-refractivity contribution in [1.82, 2.24) is 10.3 Å². The second-order valence-corrected chi connectivity index (χ2v) is 9.75. The van der Waals surface area contributed by atoms with E-state index in [0.29, 0.717) is 23.0 Å². The van der Waals surface area contributed by atoms with Gasteiger partial charge in [0.05, 0.1) is 61.0 Å². The Balaban J connectivity index is 1.85. The summed E-state index contributed by atoms with van der Waals surface area (Å²) in [6, 6.07) is 6.40. The van der Waals surface area contributed by atoms with Gasteiger partial charge in [0.15, 0.2) is 0 Å². The minimum atomic E-state index is -0.996. The Morgan fingerprint density at radius 2 is 1.24 bits per heavy atom. The van der Waals surface area contributed by atoms with E-state index in [-0.39, 0.29) is 38.5 Å². The van der Waals surface area contributed by atoms with Gasteiger partial charge in [-0.15, -0.1) is 0 Å². The van der Waals surface area contributed by atoms with E-state index < -0.39 is 23.8 Å². The number of anilines is 2. The molecule has 1 atom stereocenters. The number of carbonyl (C=O) groups excluding carboxylic acids is 3. The van der Waals surface area contributed by atoms with Gasteiger partial charge in [0.1, 0.15) is 29.0 Å². The van der Waals surface area contributed by atoms with Gasteiger partial charge in [-0.1, -0.05) is 37.0 Å². The molecule has 0 aliphatic rings. The highest BCUT2D eigenvalue weighted by atomic mass is 35.5. The van der Waals surface area contributed by atoms with Gasteiger partial charge in [-0.25, -0.2) is 0 Å². The Morgan fingerprint density at radius 3 is 1.73 bits per heavy atom. The van der Waals surface area contributed by atoms with Crippen LogP contribution in [0, 0.1) is 5.92 Å². The number of aromatic nitrogens is 1. The van der Waals surface area contributed by atoms with Crippen LogP contribution in [0.3, 0.4) is 0 Å². The summed E-state index contributed by atoms with van der Waals surface area (Å²) >= 11 is 12.5. The maximum atomic E-state index is 13.4. The van der Waals surface area contributed by atoms with Gasteiger partial charge in [0, 0.05) is 24.5 Å². The van der Waals surface area contributed by atoms with Crippen molar-refractivity contribution in [3.63, 3.8) is 0 Å². The molecule has 0 saturated carbocycles. The molecule has 0 bridgehead atoms. The molecular formula is C28H30Cl2N4O7. The van der Waals surface area contributed by atoms with E-state index in [0.717, 1.165) is 0 Å². The highest BCUT2D eigenvalue weighted by molar-refractivity contribution is 6.33. The summed E-state index contributed by atoms with van der Waals surface area (Å²) in [5, 5.41) is 8.64. The molecule has 3 amide bonds. The molecular weight excluding hydrogens is 575 g/mol. The number of pyridine rings is 1. The van der Waals surface area contributed by atoms with E-state index in [2.05, 4.69) is 20.9 Å². The summed E-state index contributed by atoms with van der Waals surface area (Å²) in [5.41, 5.74) is 0.514. The summed E-state index contributed by atoms with van der Waals surface area (Å²) in [4.78, 5) is 43.9. The average molecular weight is 605 g/mol. The van der Waals surface area contributed by atoms with Crippen LogP contribution < -0.4 is 34.9 Å². The third kappa shape index (κ3) is 7.30. The fourth-order valence-electron chi connectivity index (χ4n) is 3.84. The van der Waals surface area contributed by atoms with Gasteiger partial charge in [-0.3, -0.25) is 19.4 Å². The SMILES string of the molecule is COc1cc(OC)c(NC(=O)c2ccncc2C(=O)N[C@@H](C(=O)Nc2cc(Cl)c(OC)cc2OC)C(C)C)cc1Cl. The molecule has 0 radical (unpaired) electrons. The van der Waals surface area contributed by atoms with Gasteiger partial charge in [0.2, 0.25) is 5.91 Å². The lowest BCUT2D eigenvalue weighted by atomic mass is 10.0. The van der Waals surface area contributed by atoms with Crippen molar-refractivity contribution in [2.45, 2.75) is 19.9 Å². The van der Waals surface area contributed by atoms with Crippen molar-refractivity contribution in [3.05, 3.63) is 63.9 Å². The molecule has 2 aromatic carbocycles. The molecule has 0 unspecified atom stereocenters. The zero-order chi connectivity index (χ0) is 30.3. The summed E-state index contributed by atoms with van der Waals surface area (Å²) in [7, 11) is 5.77. The van der Waals surface area contributed by atoms with Crippen LogP contribution in [0.5, 0.6) is 23.0 Å². The number of nitrogens with one attached hydrogen (secondary N) is 3. The van der Waals surface area contributed by atoms with Crippen LogP contribution in [0.1, 0.15) is 34.6 Å². The van der Waals surface area contributed by atoms with Crippen molar-refractivity contribution in [3.8, 4) is 23.0 Å². The van der Waals surface area contributed by atoms with E-state index in [4.69, 9.17) is 42.1 Å². The third-order valence-electron chi connectivity index (χ3n) is 6.00. The largest absolute Gasteiger partial charge is 0.495 e. The summed E-state index contributed by atoms with van der Waals surface area (Å²) in [6.07, 6.45) is 2.61. The van der Waals surface area contributed by atoms with E-state index in [1.165, 1.54) is 71.2 Å². The second kappa shape index (κ2) is 13.9. The molecule has 0 spiro atoms. The summed E-state index contributed by atoms with van der Waals surface area (Å²) in [6.45, 7) is 3.53. The molecule has 13 heteroatoms. The predicted molar refractivity (Wildman–Crippen MR) is 156 cm³/mol. The number of rotatable bonds is 11. The number of benzene rings is 2. The molecule has 0 aliphatic heterocycles. The van der Waals surface area contributed by atoms with E-state index in [9.17, 15) is 14.4 Å². The second-order valence-electron chi connectivity index (χ2n) is 8.93. The number of hydrogen-bond acceptors (Lipinski definition) is 8. The number of carbonyl (C=O) groups is 3. The van der Waals surface area contributed by atoms with Crippen molar-refractivity contribution in [1.29, 1.82) is 0 Å². The molecule has 3 aromatic rings. The molecule has 3 rings (SSSR count). The fourth-order valence-corrected chi connectivity index (χ4v) is 4.32. The zero-order valence-corrected chi connectivity index (χ0v) is 24.8. The van der Waals surface area contributed by atoms with E-state index in [1.54, 1.807) is 13.8 Å². The maximum absolute atomic E-state index is 13.4. The van der Waals surface area contributed by atoms with Gasteiger partial charge < -0.3 is 34.9 Å². The Hall–Kier alpha value is -4.22.